The average Bonchev–Trinajstić information content (AvgIpc) is 2.68. The summed E-state index contributed by atoms with van der Waals surface area (Å²) in [7, 11) is 0. The van der Waals surface area contributed by atoms with Crippen molar-refractivity contribution < 1.29 is 28.4 Å². The molecular weight excluding hydrogens is 384 g/mol. The summed E-state index contributed by atoms with van der Waals surface area (Å²) < 4.78 is 37.4. The van der Waals surface area contributed by atoms with Crippen LogP contribution >= 0.6 is 0 Å². The van der Waals surface area contributed by atoms with Gasteiger partial charge < -0.3 is 28.4 Å². The van der Waals surface area contributed by atoms with E-state index in [4.69, 9.17) is 28.4 Å². The third kappa shape index (κ3) is 10.4. The largest absolute Gasteiger partial charge is 0.379 e. The molecule has 0 radical (unpaired) electrons. The van der Waals surface area contributed by atoms with Crippen LogP contribution in [0.5, 0.6) is 0 Å². The average molecular weight is 433 g/mol. The van der Waals surface area contributed by atoms with Gasteiger partial charge in [0.25, 0.3) is 0 Å². The monoisotopic (exact) mass is 432 g/mol. The van der Waals surface area contributed by atoms with Crippen molar-refractivity contribution in [3.8, 4) is 0 Å². The van der Waals surface area contributed by atoms with Gasteiger partial charge in [0.15, 0.2) is 6.29 Å². The third-order valence-corrected chi connectivity index (χ3v) is 4.57. The van der Waals surface area contributed by atoms with Crippen molar-refractivity contribution in [3.05, 3.63) is 0 Å². The first kappa shape index (κ1) is 27.8. The molecule has 0 N–H and O–H groups in total. The molecule has 6 nitrogen and oxygen atoms in total. The molecule has 0 aromatic heterocycles. The van der Waals surface area contributed by atoms with Gasteiger partial charge in [-0.1, -0.05) is 55.4 Å². The summed E-state index contributed by atoms with van der Waals surface area (Å²) in [5.41, 5.74) is 0. The molecule has 180 valence electrons. The second-order valence-electron chi connectivity index (χ2n) is 9.56. The summed E-state index contributed by atoms with van der Waals surface area (Å²) in [5.74, 6) is 1.23. The van der Waals surface area contributed by atoms with Crippen LogP contribution in [-0.2, 0) is 28.4 Å². The van der Waals surface area contributed by atoms with Crippen LogP contribution in [0, 0.1) is 17.8 Å². The maximum absolute atomic E-state index is 6.42. The Morgan fingerprint density at radius 1 is 0.633 bits per heavy atom. The fourth-order valence-corrected chi connectivity index (χ4v) is 3.20. The Kier molecular flexibility index (Phi) is 14.4. The van der Waals surface area contributed by atoms with E-state index in [2.05, 4.69) is 55.4 Å². The molecule has 0 saturated carbocycles. The second kappa shape index (κ2) is 15.5. The van der Waals surface area contributed by atoms with E-state index in [-0.39, 0.29) is 24.4 Å². The SMILES string of the molecule is CCCOCC1OC(OCCC)C(OCC(C)C)C(OCC(C)C)C1OCC(C)C. The lowest BCUT2D eigenvalue weighted by atomic mass is 9.97. The molecule has 0 aromatic rings. The highest BCUT2D eigenvalue weighted by Crippen LogP contribution is 2.30. The quantitative estimate of drug-likeness (QED) is 0.330. The van der Waals surface area contributed by atoms with Crippen molar-refractivity contribution in [1.82, 2.24) is 0 Å². The van der Waals surface area contributed by atoms with Gasteiger partial charge in [-0.05, 0) is 30.6 Å². The Labute approximate surface area is 185 Å². The number of rotatable bonds is 16. The first-order valence-corrected chi connectivity index (χ1v) is 12.0. The van der Waals surface area contributed by atoms with Gasteiger partial charge in [0.2, 0.25) is 0 Å². The minimum Gasteiger partial charge on any atom is -0.379 e. The van der Waals surface area contributed by atoms with Gasteiger partial charge in [-0.25, -0.2) is 0 Å². The van der Waals surface area contributed by atoms with E-state index in [0.717, 1.165) is 12.8 Å². The Morgan fingerprint density at radius 3 is 1.63 bits per heavy atom. The Hall–Kier alpha value is -0.240. The first-order valence-electron chi connectivity index (χ1n) is 12.0. The summed E-state index contributed by atoms with van der Waals surface area (Å²) in [4.78, 5) is 0. The zero-order chi connectivity index (χ0) is 22.5. The van der Waals surface area contributed by atoms with E-state index in [1.807, 2.05) is 0 Å². The topological polar surface area (TPSA) is 55.4 Å². The highest BCUT2D eigenvalue weighted by molar-refractivity contribution is 4.93. The Balaban J connectivity index is 3.12. The molecule has 0 amide bonds. The molecule has 1 aliphatic heterocycles. The highest BCUT2D eigenvalue weighted by Gasteiger charge is 2.49. The fourth-order valence-electron chi connectivity index (χ4n) is 3.20. The maximum atomic E-state index is 6.42. The number of hydrogen-bond donors (Lipinski definition) is 0. The molecular formula is C24H48O6. The van der Waals surface area contributed by atoms with E-state index in [1.165, 1.54) is 0 Å². The van der Waals surface area contributed by atoms with Crippen LogP contribution in [0.4, 0.5) is 0 Å². The van der Waals surface area contributed by atoms with Gasteiger partial charge in [0.05, 0.1) is 6.61 Å². The van der Waals surface area contributed by atoms with Gasteiger partial charge in [-0.3, -0.25) is 0 Å². The minimum absolute atomic E-state index is 0.256. The molecule has 1 rings (SSSR count). The predicted octanol–water partition coefficient (Wildman–Crippen LogP) is 4.69. The van der Waals surface area contributed by atoms with Crippen LogP contribution in [0.1, 0.15) is 68.2 Å². The molecule has 1 aliphatic rings. The van der Waals surface area contributed by atoms with Crippen LogP contribution in [0.15, 0.2) is 0 Å². The molecule has 1 heterocycles. The van der Waals surface area contributed by atoms with Crippen molar-refractivity contribution in [3.63, 3.8) is 0 Å². The summed E-state index contributed by atoms with van der Waals surface area (Å²) in [6, 6.07) is 0. The van der Waals surface area contributed by atoms with Crippen LogP contribution in [0.2, 0.25) is 0 Å². The summed E-state index contributed by atoms with van der Waals surface area (Å²) >= 11 is 0. The molecule has 5 atom stereocenters. The number of hydrogen-bond acceptors (Lipinski definition) is 6. The maximum Gasteiger partial charge on any atom is 0.186 e. The molecule has 1 fully saturated rings. The molecule has 0 spiro atoms. The van der Waals surface area contributed by atoms with Crippen molar-refractivity contribution in [2.24, 2.45) is 17.8 Å². The standard InChI is InChI=1S/C24H48O6/c1-9-11-25-16-20-21(27-13-17(3)4)22(28-14-18(5)6)23(29-15-19(7)8)24(30-20)26-12-10-2/h17-24H,9-16H2,1-8H3. The van der Waals surface area contributed by atoms with E-state index < -0.39 is 6.29 Å². The first-order chi connectivity index (χ1) is 14.3. The van der Waals surface area contributed by atoms with Gasteiger partial charge in [-0.15, -0.1) is 0 Å². The van der Waals surface area contributed by atoms with Crippen molar-refractivity contribution in [2.45, 2.75) is 98.9 Å². The van der Waals surface area contributed by atoms with Gasteiger partial charge in [-0.2, -0.15) is 0 Å². The Bertz CT molecular complexity index is 415. The van der Waals surface area contributed by atoms with Crippen molar-refractivity contribution >= 4 is 0 Å². The Morgan fingerprint density at radius 2 is 1.13 bits per heavy atom. The molecule has 30 heavy (non-hydrogen) atoms. The summed E-state index contributed by atoms with van der Waals surface area (Å²) in [5, 5.41) is 0. The lowest BCUT2D eigenvalue weighted by molar-refractivity contribution is -0.325. The van der Waals surface area contributed by atoms with Crippen LogP contribution in [0.25, 0.3) is 0 Å². The van der Waals surface area contributed by atoms with Gasteiger partial charge in [0, 0.05) is 33.0 Å². The number of ether oxygens (including phenoxy) is 6. The van der Waals surface area contributed by atoms with Crippen molar-refractivity contribution in [2.75, 3.05) is 39.6 Å². The van der Waals surface area contributed by atoms with E-state index >= 15 is 0 Å². The molecule has 0 aliphatic carbocycles. The third-order valence-electron chi connectivity index (χ3n) is 4.57. The molecule has 0 bridgehead atoms. The second-order valence-corrected chi connectivity index (χ2v) is 9.56. The molecule has 5 unspecified atom stereocenters. The lowest BCUT2D eigenvalue weighted by Gasteiger charge is -2.46. The zero-order valence-electron chi connectivity index (χ0n) is 20.7. The summed E-state index contributed by atoms with van der Waals surface area (Å²) in [6.45, 7) is 20.7. The predicted molar refractivity (Wildman–Crippen MR) is 120 cm³/mol. The van der Waals surface area contributed by atoms with E-state index in [1.54, 1.807) is 0 Å². The fraction of sp³-hybridized carbons (Fsp3) is 1.00. The van der Waals surface area contributed by atoms with Crippen LogP contribution in [-0.4, -0.2) is 70.3 Å². The normalized spacial score (nSPS) is 27.5. The summed E-state index contributed by atoms with van der Waals surface area (Å²) in [6.07, 6.45) is 0.268. The zero-order valence-corrected chi connectivity index (χ0v) is 20.7. The van der Waals surface area contributed by atoms with E-state index in [0.29, 0.717) is 57.4 Å². The highest BCUT2D eigenvalue weighted by atomic mass is 16.7. The molecule has 1 saturated heterocycles. The van der Waals surface area contributed by atoms with Crippen molar-refractivity contribution in [1.29, 1.82) is 0 Å². The van der Waals surface area contributed by atoms with Gasteiger partial charge in [0.1, 0.15) is 24.4 Å². The van der Waals surface area contributed by atoms with Crippen LogP contribution in [0.3, 0.4) is 0 Å². The van der Waals surface area contributed by atoms with E-state index in [9.17, 15) is 0 Å². The molecule has 6 heteroatoms. The molecule has 0 aromatic carbocycles. The van der Waals surface area contributed by atoms with Crippen LogP contribution < -0.4 is 0 Å². The lowest BCUT2D eigenvalue weighted by Crippen LogP contribution is -2.62. The minimum atomic E-state index is -0.491. The van der Waals surface area contributed by atoms with Gasteiger partial charge >= 0.3 is 0 Å². The smallest absolute Gasteiger partial charge is 0.186 e.